The number of amidine groups is 1. The smallest absolute Gasteiger partial charge is 0.285 e. The van der Waals surface area contributed by atoms with Gasteiger partial charge in [0.25, 0.3) is 10.0 Å². The predicted octanol–water partition coefficient (Wildman–Crippen LogP) is 2.65. The van der Waals surface area contributed by atoms with E-state index < -0.39 is 10.0 Å². The fraction of sp³-hybridized carbons (Fsp3) is 0.316. The van der Waals surface area contributed by atoms with Crippen LogP contribution in [0.15, 0.2) is 57.8 Å². The van der Waals surface area contributed by atoms with Crippen LogP contribution >= 0.6 is 0 Å². The van der Waals surface area contributed by atoms with E-state index in [1.54, 1.807) is 30.3 Å². The maximum atomic E-state index is 13.5. The average Bonchev–Trinajstić information content (AvgIpc) is 2.93. The highest BCUT2D eigenvalue weighted by Crippen LogP contribution is 2.29. The summed E-state index contributed by atoms with van der Waals surface area (Å²) >= 11 is 0. The van der Waals surface area contributed by atoms with Crippen molar-refractivity contribution >= 4 is 15.9 Å². The Hall–Kier alpha value is -2.25. The minimum atomic E-state index is -3.59. The number of hydrogen-bond donors (Lipinski definition) is 0. The van der Waals surface area contributed by atoms with Gasteiger partial charge in [-0.05, 0) is 36.8 Å². The minimum Gasteiger partial charge on any atom is -0.353 e. The molecule has 1 saturated heterocycles. The summed E-state index contributed by atoms with van der Waals surface area (Å²) in [6, 6.07) is 13.7. The molecule has 26 heavy (non-hydrogen) atoms. The van der Waals surface area contributed by atoms with Gasteiger partial charge >= 0.3 is 0 Å². The first-order valence-electron chi connectivity index (χ1n) is 8.64. The second-order valence-electron chi connectivity index (χ2n) is 6.64. The molecule has 7 heteroatoms. The highest BCUT2D eigenvalue weighted by Gasteiger charge is 2.33. The van der Waals surface area contributed by atoms with Gasteiger partial charge in [-0.25, -0.2) is 4.39 Å². The van der Waals surface area contributed by atoms with Crippen molar-refractivity contribution in [3.05, 3.63) is 65.5 Å². The Morgan fingerprint density at radius 2 is 1.77 bits per heavy atom. The lowest BCUT2D eigenvalue weighted by Crippen LogP contribution is -2.49. The number of rotatable bonds is 2. The molecule has 136 valence electrons. The van der Waals surface area contributed by atoms with Gasteiger partial charge in [-0.3, -0.25) is 4.90 Å². The lowest BCUT2D eigenvalue weighted by Gasteiger charge is -2.39. The number of benzene rings is 2. The van der Waals surface area contributed by atoms with E-state index in [1.807, 2.05) is 17.0 Å². The molecule has 0 bridgehead atoms. The van der Waals surface area contributed by atoms with Crippen LogP contribution in [0.1, 0.15) is 24.1 Å². The Labute approximate surface area is 152 Å². The molecular formula is C19H20FN3O2S. The molecule has 0 aromatic heterocycles. The van der Waals surface area contributed by atoms with Crippen molar-refractivity contribution in [2.45, 2.75) is 17.9 Å². The van der Waals surface area contributed by atoms with Gasteiger partial charge in [-0.15, -0.1) is 4.40 Å². The molecule has 1 atom stereocenters. The number of piperazine rings is 1. The normalized spacial score (nSPS) is 20.5. The van der Waals surface area contributed by atoms with Gasteiger partial charge in [0.1, 0.15) is 10.7 Å². The molecule has 0 aliphatic carbocycles. The lowest BCUT2D eigenvalue weighted by molar-refractivity contribution is 0.141. The number of fused-ring (bicyclic) bond motifs is 1. The van der Waals surface area contributed by atoms with Crippen LogP contribution < -0.4 is 0 Å². The molecule has 2 heterocycles. The molecule has 2 aromatic carbocycles. The van der Waals surface area contributed by atoms with Crippen molar-refractivity contribution in [2.24, 2.45) is 4.40 Å². The van der Waals surface area contributed by atoms with E-state index in [0.29, 0.717) is 24.5 Å². The van der Waals surface area contributed by atoms with Gasteiger partial charge in [-0.2, -0.15) is 8.42 Å². The van der Waals surface area contributed by atoms with Crippen LogP contribution in [0.3, 0.4) is 0 Å². The van der Waals surface area contributed by atoms with Crippen LogP contribution in [-0.2, 0) is 10.0 Å². The number of nitrogens with zero attached hydrogens (tertiary/aromatic N) is 3. The van der Waals surface area contributed by atoms with Crippen LogP contribution in [0, 0.1) is 5.82 Å². The summed E-state index contributed by atoms with van der Waals surface area (Å²) in [6.45, 7) is 4.96. The third kappa shape index (κ3) is 3.01. The maximum Gasteiger partial charge on any atom is 0.285 e. The Bertz CT molecular complexity index is 966. The highest BCUT2D eigenvalue weighted by atomic mass is 32.2. The fourth-order valence-corrected chi connectivity index (χ4v) is 4.84. The van der Waals surface area contributed by atoms with E-state index in [9.17, 15) is 12.8 Å². The first kappa shape index (κ1) is 17.2. The number of halogens is 1. The van der Waals surface area contributed by atoms with Crippen molar-refractivity contribution in [1.82, 2.24) is 9.80 Å². The molecule has 4 rings (SSSR count). The Morgan fingerprint density at radius 3 is 2.50 bits per heavy atom. The summed E-state index contributed by atoms with van der Waals surface area (Å²) < 4.78 is 41.9. The monoisotopic (exact) mass is 373 g/mol. The molecule has 1 unspecified atom stereocenters. The Kier molecular flexibility index (Phi) is 4.28. The van der Waals surface area contributed by atoms with Gasteiger partial charge in [0.15, 0.2) is 5.84 Å². The molecule has 5 nitrogen and oxygen atoms in total. The lowest BCUT2D eigenvalue weighted by atomic mass is 10.1. The van der Waals surface area contributed by atoms with E-state index >= 15 is 0 Å². The third-order valence-electron chi connectivity index (χ3n) is 5.11. The summed E-state index contributed by atoms with van der Waals surface area (Å²) in [5.41, 5.74) is 1.63. The molecule has 2 aromatic rings. The van der Waals surface area contributed by atoms with Crippen molar-refractivity contribution in [2.75, 3.05) is 26.2 Å². The first-order valence-corrected chi connectivity index (χ1v) is 10.1. The second-order valence-corrected chi connectivity index (χ2v) is 8.21. The van der Waals surface area contributed by atoms with E-state index in [4.69, 9.17) is 0 Å². The molecule has 0 N–H and O–H groups in total. The van der Waals surface area contributed by atoms with Gasteiger partial charge in [0.2, 0.25) is 0 Å². The summed E-state index contributed by atoms with van der Waals surface area (Å²) in [4.78, 5) is 4.59. The largest absolute Gasteiger partial charge is 0.353 e. The zero-order valence-electron chi connectivity index (χ0n) is 14.5. The summed E-state index contributed by atoms with van der Waals surface area (Å²) in [6.07, 6.45) is 0. The van der Waals surface area contributed by atoms with Crippen LogP contribution in [0.2, 0.25) is 0 Å². The van der Waals surface area contributed by atoms with Crippen molar-refractivity contribution < 1.29 is 12.8 Å². The number of hydrogen-bond acceptors (Lipinski definition) is 4. The van der Waals surface area contributed by atoms with Gasteiger partial charge < -0.3 is 4.90 Å². The van der Waals surface area contributed by atoms with Gasteiger partial charge in [0.05, 0.1) is 0 Å². The average molecular weight is 373 g/mol. The minimum absolute atomic E-state index is 0.106. The van der Waals surface area contributed by atoms with Crippen LogP contribution in [0.4, 0.5) is 4.39 Å². The standard InChI is InChI=1S/C19H20FN3O2S/c1-14(15-5-4-6-16(20)13-15)22-9-11-23(12-10-22)19-17-7-2-3-8-18(17)26(24,25)21-19/h2-8,13-14H,9-12H2,1H3. The Balaban J connectivity index is 1.50. The molecular weight excluding hydrogens is 353 g/mol. The van der Waals surface area contributed by atoms with Crippen LogP contribution in [0.5, 0.6) is 0 Å². The molecule has 2 aliphatic rings. The second kappa shape index (κ2) is 6.48. The maximum absolute atomic E-state index is 13.5. The van der Waals surface area contributed by atoms with E-state index in [-0.39, 0.29) is 16.8 Å². The topological polar surface area (TPSA) is 53.0 Å². The molecule has 0 spiro atoms. The van der Waals surface area contributed by atoms with Crippen molar-refractivity contribution in [3.63, 3.8) is 0 Å². The summed E-state index contributed by atoms with van der Waals surface area (Å²) in [7, 11) is -3.59. The fourth-order valence-electron chi connectivity index (χ4n) is 3.61. The van der Waals surface area contributed by atoms with Gasteiger partial charge in [-0.1, -0.05) is 24.3 Å². The zero-order chi connectivity index (χ0) is 18.3. The predicted molar refractivity (Wildman–Crippen MR) is 98.1 cm³/mol. The van der Waals surface area contributed by atoms with Crippen LogP contribution in [0.25, 0.3) is 0 Å². The molecule has 1 fully saturated rings. The molecule has 0 amide bonds. The Morgan fingerprint density at radius 1 is 1.04 bits per heavy atom. The quantitative estimate of drug-likeness (QED) is 0.812. The molecule has 0 radical (unpaired) electrons. The van der Waals surface area contributed by atoms with E-state index in [1.165, 1.54) is 6.07 Å². The van der Waals surface area contributed by atoms with Crippen LogP contribution in [-0.4, -0.2) is 50.2 Å². The zero-order valence-corrected chi connectivity index (χ0v) is 15.3. The molecule has 2 aliphatic heterocycles. The van der Waals surface area contributed by atoms with E-state index in [0.717, 1.165) is 18.7 Å². The summed E-state index contributed by atoms with van der Waals surface area (Å²) in [5.74, 6) is 0.314. The SMILES string of the molecule is CC(c1cccc(F)c1)N1CCN(C2=NS(=O)(=O)c3ccccc32)CC1. The third-order valence-corrected chi connectivity index (χ3v) is 6.43. The van der Waals surface area contributed by atoms with Crippen molar-refractivity contribution in [3.8, 4) is 0 Å². The highest BCUT2D eigenvalue weighted by molar-refractivity contribution is 7.90. The number of sulfonamides is 1. The first-order chi connectivity index (χ1) is 12.5. The summed E-state index contributed by atoms with van der Waals surface area (Å²) in [5, 5.41) is 0. The van der Waals surface area contributed by atoms with Gasteiger partial charge in [0, 0.05) is 37.8 Å². The van der Waals surface area contributed by atoms with Crippen molar-refractivity contribution in [1.29, 1.82) is 0 Å². The van der Waals surface area contributed by atoms with E-state index in [2.05, 4.69) is 16.2 Å². The molecule has 0 saturated carbocycles.